The quantitative estimate of drug-likeness (QED) is 0.499. The lowest BCUT2D eigenvalue weighted by Gasteiger charge is -2.32. The summed E-state index contributed by atoms with van der Waals surface area (Å²) in [5, 5.41) is 1.58. The Morgan fingerprint density at radius 2 is 1.94 bits per heavy atom. The number of aromatic nitrogens is 1. The number of carbonyl (C=O) groups is 1. The average molecular weight is 457 g/mol. The van der Waals surface area contributed by atoms with Crippen LogP contribution in [0.25, 0.3) is 10.9 Å². The largest absolute Gasteiger partial charge is 0.497 e. The molecule has 2 heterocycles. The van der Waals surface area contributed by atoms with Gasteiger partial charge in [-0.25, -0.2) is 0 Å². The molecule has 7 heteroatoms. The normalized spacial score (nSPS) is 14.6. The lowest BCUT2D eigenvalue weighted by molar-refractivity contribution is 0.0713. The molecule has 1 N–H and O–H groups in total. The van der Waals surface area contributed by atoms with E-state index >= 15 is 0 Å². The highest BCUT2D eigenvalue weighted by Crippen LogP contribution is 2.38. The van der Waals surface area contributed by atoms with Gasteiger partial charge in [-0.05, 0) is 61.1 Å². The van der Waals surface area contributed by atoms with Gasteiger partial charge in [0.05, 0.1) is 25.8 Å². The second-order valence-electron chi connectivity index (χ2n) is 8.06. The van der Waals surface area contributed by atoms with E-state index < -0.39 is 0 Å². The Labute approximate surface area is 193 Å². The molecule has 1 saturated heterocycles. The smallest absolute Gasteiger partial charge is 0.254 e. The summed E-state index contributed by atoms with van der Waals surface area (Å²) in [6.45, 7) is 3.94. The lowest BCUT2D eigenvalue weighted by Crippen LogP contribution is -2.37. The highest BCUT2D eigenvalue weighted by molar-refractivity contribution is 6.32. The minimum absolute atomic E-state index is 0.0358. The maximum Gasteiger partial charge on any atom is 0.254 e. The van der Waals surface area contributed by atoms with Gasteiger partial charge in [0, 0.05) is 35.8 Å². The number of aromatic amines is 1. The Hall–Kier alpha value is -2.86. The van der Waals surface area contributed by atoms with E-state index in [2.05, 4.69) is 17.2 Å². The van der Waals surface area contributed by atoms with Crippen molar-refractivity contribution in [3.05, 3.63) is 52.7 Å². The number of methoxy groups -OCH3 is 2. The summed E-state index contributed by atoms with van der Waals surface area (Å²) >= 11 is 6.41. The van der Waals surface area contributed by atoms with Crippen LogP contribution in [0, 0.1) is 0 Å². The Morgan fingerprint density at radius 1 is 1.16 bits per heavy atom. The van der Waals surface area contributed by atoms with Crippen molar-refractivity contribution in [2.75, 3.05) is 33.9 Å². The zero-order chi connectivity index (χ0) is 22.7. The molecule has 1 amide bonds. The molecule has 1 aromatic heterocycles. The predicted octanol–water partition coefficient (Wildman–Crippen LogP) is 5.65. The molecule has 0 saturated carbocycles. The number of fused-ring (bicyclic) bond motifs is 1. The molecule has 0 spiro atoms. The fourth-order valence-electron chi connectivity index (χ4n) is 4.35. The molecule has 1 fully saturated rings. The van der Waals surface area contributed by atoms with Gasteiger partial charge in [0.15, 0.2) is 11.5 Å². The predicted molar refractivity (Wildman–Crippen MR) is 127 cm³/mol. The van der Waals surface area contributed by atoms with Gasteiger partial charge in [0.2, 0.25) is 0 Å². The van der Waals surface area contributed by atoms with Gasteiger partial charge >= 0.3 is 0 Å². The second-order valence-corrected chi connectivity index (χ2v) is 8.47. The molecule has 32 heavy (non-hydrogen) atoms. The third kappa shape index (κ3) is 4.37. The maximum absolute atomic E-state index is 13.2. The molecule has 0 radical (unpaired) electrons. The molecule has 0 atom stereocenters. The summed E-state index contributed by atoms with van der Waals surface area (Å²) in [5.74, 6) is 2.18. The van der Waals surface area contributed by atoms with Crippen molar-refractivity contribution in [2.45, 2.75) is 32.1 Å². The Bertz CT molecular complexity index is 1100. The van der Waals surface area contributed by atoms with E-state index in [0.717, 1.165) is 30.5 Å². The molecular weight excluding hydrogens is 428 g/mol. The van der Waals surface area contributed by atoms with Crippen LogP contribution in [0.4, 0.5) is 0 Å². The van der Waals surface area contributed by atoms with E-state index in [-0.39, 0.29) is 5.91 Å². The SMILES string of the molecule is CCCOc1c(Cl)cc(C(=O)N2CCC(c3c[nH]c4ccc(OC)cc34)CC2)cc1OC. The number of nitrogens with one attached hydrogen (secondary N) is 1. The van der Waals surface area contributed by atoms with Gasteiger partial charge in [-0.3, -0.25) is 4.79 Å². The van der Waals surface area contributed by atoms with Crippen molar-refractivity contribution in [1.82, 2.24) is 9.88 Å². The number of amides is 1. The minimum atomic E-state index is -0.0358. The number of hydrogen-bond donors (Lipinski definition) is 1. The molecule has 0 aliphatic carbocycles. The van der Waals surface area contributed by atoms with Crippen molar-refractivity contribution in [2.24, 2.45) is 0 Å². The average Bonchev–Trinajstić information content (AvgIpc) is 3.25. The van der Waals surface area contributed by atoms with E-state index in [1.165, 1.54) is 10.9 Å². The monoisotopic (exact) mass is 456 g/mol. The molecule has 0 unspecified atom stereocenters. The molecule has 6 nitrogen and oxygen atoms in total. The molecule has 3 aromatic rings. The first-order valence-corrected chi connectivity index (χ1v) is 11.4. The van der Waals surface area contributed by atoms with Gasteiger partial charge in [-0.15, -0.1) is 0 Å². The number of likely N-dealkylation sites (tertiary alicyclic amines) is 1. The Balaban J connectivity index is 1.48. The number of ether oxygens (including phenoxy) is 3. The van der Waals surface area contributed by atoms with Gasteiger partial charge in [-0.1, -0.05) is 18.5 Å². The van der Waals surface area contributed by atoms with Crippen molar-refractivity contribution >= 4 is 28.4 Å². The van der Waals surface area contributed by atoms with Crippen LogP contribution in [0.2, 0.25) is 5.02 Å². The van der Waals surface area contributed by atoms with Crippen LogP contribution in [-0.4, -0.2) is 49.7 Å². The van der Waals surface area contributed by atoms with E-state index in [9.17, 15) is 4.79 Å². The van der Waals surface area contributed by atoms with Crippen molar-refractivity contribution < 1.29 is 19.0 Å². The van der Waals surface area contributed by atoms with Crippen LogP contribution in [0.5, 0.6) is 17.2 Å². The van der Waals surface area contributed by atoms with E-state index in [4.69, 9.17) is 25.8 Å². The van der Waals surface area contributed by atoms with Crippen molar-refractivity contribution in [1.29, 1.82) is 0 Å². The second kappa shape index (κ2) is 9.74. The van der Waals surface area contributed by atoms with Crippen LogP contribution in [-0.2, 0) is 0 Å². The number of halogens is 1. The molecule has 4 rings (SSSR count). The number of carbonyl (C=O) groups excluding carboxylic acids is 1. The third-order valence-corrected chi connectivity index (χ3v) is 6.35. The molecule has 0 bridgehead atoms. The summed E-state index contributed by atoms with van der Waals surface area (Å²) in [6, 6.07) is 9.48. The highest BCUT2D eigenvalue weighted by Gasteiger charge is 2.27. The molecular formula is C25H29ClN2O4. The molecule has 1 aliphatic heterocycles. The van der Waals surface area contributed by atoms with E-state index in [1.807, 2.05) is 24.0 Å². The van der Waals surface area contributed by atoms with Crippen LogP contribution < -0.4 is 14.2 Å². The Kier molecular flexibility index (Phi) is 6.80. The van der Waals surface area contributed by atoms with Crippen molar-refractivity contribution in [3.8, 4) is 17.2 Å². The molecule has 170 valence electrons. The Morgan fingerprint density at radius 3 is 2.62 bits per heavy atom. The van der Waals surface area contributed by atoms with Crippen LogP contribution >= 0.6 is 11.6 Å². The fraction of sp³-hybridized carbons (Fsp3) is 0.400. The third-order valence-electron chi connectivity index (χ3n) is 6.07. The summed E-state index contributed by atoms with van der Waals surface area (Å²) < 4.78 is 16.5. The van der Waals surface area contributed by atoms with E-state index in [1.54, 1.807) is 26.4 Å². The van der Waals surface area contributed by atoms with Gasteiger partial charge in [0.1, 0.15) is 5.75 Å². The molecule has 2 aromatic carbocycles. The standard InChI is InChI=1S/C25H29ClN2O4/c1-4-11-32-24-21(26)12-17(13-23(24)31-3)25(29)28-9-7-16(8-10-28)20-15-27-22-6-5-18(30-2)14-19(20)22/h5-6,12-16,27H,4,7-11H2,1-3H3. The lowest BCUT2D eigenvalue weighted by atomic mass is 9.89. The topological polar surface area (TPSA) is 63.8 Å². The van der Waals surface area contributed by atoms with E-state index in [0.29, 0.717) is 47.7 Å². The number of rotatable bonds is 7. The highest BCUT2D eigenvalue weighted by atomic mass is 35.5. The van der Waals surface area contributed by atoms with Crippen molar-refractivity contribution in [3.63, 3.8) is 0 Å². The first-order chi connectivity index (χ1) is 15.5. The zero-order valence-corrected chi connectivity index (χ0v) is 19.5. The zero-order valence-electron chi connectivity index (χ0n) is 18.7. The number of hydrogen-bond acceptors (Lipinski definition) is 4. The van der Waals surface area contributed by atoms with Gasteiger partial charge in [0.25, 0.3) is 5.91 Å². The summed E-state index contributed by atoms with van der Waals surface area (Å²) in [7, 11) is 3.24. The fourth-order valence-corrected chi connectivity index (χ4v) is 4.61. The number of piperidine rings is 1. The first kappa shape index (κ1) is 22.3. The number of H-pyrrole nitrogens is 1. The van der Waals surface area contributed by atoms with Crippen LogP contribution in [0.15, 0.2) is 36.5 Å². The minimum Gasteiger partial charge on any atom is -0.497 e. The molecule has 1 aliphatic rings. The summed E-state index contributed by atoms with van der Waals surface area (Å²) in [5.41, 5.74) is 2.91. The summed E-state index contributed by atoms with van der Waals surface area (Å²) in [6.07, 6.45) is 4.75. The first-order valence-electron chi connectivity index (χ1n) is 11.0. The maximum atomic E-state index is 13.2. The number of nitrogens with zero attached hydrogens (tertiary/aromatic N) is 1. The van der Waals surface area contributed by atoms with Gasteiger partial charge < -0.3 is 24.1 Å². The summed E-state index contributed by atoms with van der Waals surface area (Å²) in [4.78, 5) is 18.4. The van der Waals surface area contributed by atoms with Crippen LogP contribution in [0.1, 0.15) is 48.0 Å². The van der Waals surface area contributed by atoms with Gasteiger partial charge in [-0.2, -0.15) is 0 Å². The number of benzene rings is 2. The van der Waals surface area contributed by atoms with Crippen LogP contribution in [0.3, 0.4) is 0 Å².